The summed E-state index contributed by atoms with van der Waals surface area (Å²) in [4.78, 5) is 13.9. The van der Waals surface area contributed by atoms with E-state index in [1.807, 2.05) is 31.2 Å². The fourth-order valence-electron chi connectivity index (χ4n) is 2.61. The van der Waals surface area contributed by atoms with Crippen molar-refractivity contribution in [1.82, 2.24) is 4.90 Å². The number of nitrogens with zero attached hydrogens (tertiary/aromatic N) is 1. The molecule has 1 fully saturated rings. The molecule has 0 spiro atoms. The predicted molar refractivity (Wildman–Crippen MR) is 82.9 cm³/mol. The molecular formula is C17H23NO3. The summed E-state index contributed by atoms with van der Waals surface area (Å²) in [6, 6.07) is 8.03. The van der Waals surface area contributed by atoms with E-state index in [1.54, 1.807) is 11.0 Å². The zero-order valence-corrected chi connectivity index (χ0v) is 12.5. The van der Waals surface area contributed by atoms with Crippen molar-refractivity contribution in [1.29, 1.82) is 0 Å². The Bertz CT molecular complexity index is 483. The van der Waals surface area contributed by atoms with Crippen molar-refractivity contribution in [3.63, 3.8) is 0 Å². The SMILES string of the molecule is C=Cc1ccc(C(C)N2CCC(CCCO)OC2=O)cc1. The Kier molecular flexibility index (Phi) is 5.39. The largest absolute Gasteiger partial charge is 0.446 e. The molecule has 2 atom stereocenters. The minimum absolute atomic E-state index is 0.00448. The van der Waals surface area contributed by atoms with Crippen LogP contribution in [0.3, 0.4) is 0 Å². The third-order valence-corrected chi connectivity index (χ3v) is 4.00. The summed E-state index contributed by atoms with van der Waals surface area (Å²) in [5.41, 5.74) is 2.16. The molecule has 1 aliphatic rings. The average molecular weight is 289 g/mol. The summed E-state index contributed by atoms with van der Waals surface area (Å²) >= 11 is 0. The maximum atomic E-state index is 12.1. The lowest BCUT2D eigenvalue weighted by molar-refractivity contribution is 0.00760. The van der Waals surface area contributed by atoms with Crippen LogP contribution in [-0.4, -0.2) is 35.4 Å². The smallest absolute Gasteiger partial charge is 0.410 e. The Morgan fingerprint density at radius 1 is 1.48 bits per heavy atom. The lowest BCUT2D eigenvalue weighted by Gasteiger charge is -2.35. The molecule has 1 amide bonds. The standard InChI is InChI=1S/C17H23NO3/c1-3-14-6-8-15(9-7-14)13(2)18-11-10-16(5-4-12-19)21-17(18)20/h3,6-9,13,16,19H,1,4-5,10-12H2,2H3. The molecule has 0 radical (unpaired) electrons. The van der Waals surface area contributed by atoms with Crippen LogP contribution in [0.25, 0.3) is 6.08 Å². The molecule has 1 saturated heterocycles. The van der Waals surface area contributed by atoms with Crippen LogP contribution < -0.4 is 0 Å². The van der Waals surface area contributed by atoms with Crippen LogP contribution in [0.1, 0.15) is 43.4 Å². The van der Waals surface area contributed by atoms with Crippen molar-refractivity contribution < 1.29 is 14.6 Å². The van der Waals surface area contributed by atoms with Gasteiger partial charge in [-0.05, 0) is 30.9 Å². The van der Waals surface area contributed by atoms with Crippen molar-refractivity contribution in [3.8, 4) is 0 Å². The van der Waals surface area contributed by atoms with Crippen LogP contribution >= 0.6 is 0 Å². The van der Waals surface area contributed by atoms with Gasteiger partial charge in [0, 0.05) is 19.6 Å². The van der Waals surface area contributed by atoms with Gasteiger partial charge in [0.15, 0.2) is 0 Å². The number of aliphatic hydroxyl groups excluding tert-OH is 1. The van der Waals surface area contributed by atoms with E-state index in [4.69, 9.17) is 9.84 Å². The molecule has 1 aromatic carbocycles. The number of hydrogen-bond donors (Lipinski definition) is 1. The predicted octanol–water partition coefficient (Wildman–Crippen LogP) is 3.37. The van der Waals surface area contributed by atoms with Gasteiger partial charge in [-0.1, -0.05) is 36.9 Å². The number of aliphatic hydroxyl groups is 1. The summed E-state index contributed by atoms with van der Waals surface area (Å²) in [5, 5.41) is 8.84. The summed E-state index contributed by atoms with van der Waals surface area (Å²) in [7, 11) is 0. The van der Waals surface area contributed by atoms with Crippen LogP contribution in [0.4, 0.5) is 4.79 Å². The Labute approximate surface area is 126 Å². The highest BCUT2D eigenvalue weighted by atomic mass is 16.6. The molecule has 0 aromatic heterocycles. The molecule has 114 valence electrons. The number of rotatable bonds is 6. The Hall–Kier alpha value is -1.81. The highest BCUT2D eigenvalue weighted by Crippen LogP contribution is 2.26. The van der Waals surface area contributed by atoms with Gasteiger partial charge in [0.05, 0.1) is 6.04 Å². The number of hydrogen-bond acceptors (Lipinski definition) is 3. The Morgan fingerprint density at radius 2 is 2.19 bits per heavy atom. The average Bonchev–Trinajstić information content (AvgIpc) is 2.52. The van der Waals surface area contributed by atoms with E-state index in [0.29, 0.717) is 13.0 Å². The molecule has 0 aliphatic carbocycles. The van der Waals surface area contributed by atoms with Gasteiger partial charge in [-0.25, -0.2) is 4.79 Å². The van der Waals surface area contributed by atoms with Crippen molar-refractivity contribution in [2.24, 2.45) is 0 Å². The molecule has 0 bridgehead atoms. The third kappa shape index (κ3) is 3.85. The number of carbonyl (C=O) groups excluding carboxylic acids is 1. The van der Waals surface area contributed by atoms with Gasteiger partial charge in [-0.15, -0.1) is 0 Å². The second kappa shape index (κ2) is 7.27. The zero-order chi connectivity index (χ0) is 15.2. The van der Waals surface area contributed by atoms with Gasteiger partial charge in [0.1, 0.15) is 6.10 Å². The zero-order valence-electron chi connectivity index (χ0n) is 12.5. The molecule has 4 nitrogen and oxygen atoms in total. The van der Waals surface area contributed by atoms with Gasteiger partial charge in [-0.3, -0.25) is 0 Å². The first-order chi connectivity index (χ1) is 10.2. The number of cyclic esters (lactones) is 1. The Balaban J connectivity index is 1.98. The van der Waals surface area contributed by atoms with Gasteiger partial charge in [-0.2, -0.15) is 0 Å². The highest BCUT2D eigenvalue weighted by molar-refractivity contribution is 5.69. The molecule has 21 heavy (non-hydrogen) atoms. The van der Waals surface area contributed by atoms with E-state index in [0.717, 1.165) is 24.0 Å². The van der Waals surface area contributed by atoms with Crippen molar-refractivity contribution in [2.45, 2.75) is 38.3 Å². The third-order valence-electron chi connectivity index (χ3n) is 4.00. The quantitative estimate of drug-likeness (QED) is 0.873. The van der Waals surface area contributed by atoms with E-state index in [1.165, 1.54) is 0 Å². The highest BCUT2D eigenvalue weighted by Gasteiger charge is 2.30. The molecule has 0 saturated carbocycles. The van der Waals surface area contributed by atoms with Crippen LogP contribution in [0.5, 0.6) is 0 Å². The minimum atomic E-state index is -0.260. The maximum Gasteiger partial charge on any atom is 0.410 e. The van der Waals surface area contributed by atoms with Gasteiger partial charge in [0.25, 0.3) is 0 Å². The van der Waals surface area contributed by atoms with Crippen LogP contribution in [0.2, 0.25) is 0 Å². The minimum Gasteiger partial charge on any atom is -0.446 e. The van der Waals surface area contributed by atoms with E-state index in [2.05, 4.69) is 6.58 Å². The first-order valence-electron chi connectivity index (χ1n) is 7.46. The molecule has 2 unspecified atom stereocenters. The van der Waals surface area contributed by atoms with Gasteiger partial charge >= 0.3 is 6.09 Å². The van der Waals surface area contributed by atoms with Crippen LogP contribution in [0.15, 0.2) is 30.8 Å². The lowest BCUT2D eigenvalue weighted by Crippen LogP contribution is -2.43. The van der Waals surface area contributed by atoms with E-state index in [-0.39, 0.29) is 24.8 Å². The van der Waals surface area contributed by atoms with Gasteiger partial charge in [0.2, 0.25) is 0 Å². The lowest BCUT2D eigenvalue weighted by atomic mass is 10.0. The first kappa shape index (κ1) is 15.6. The fourth-order valence-corrected chi connectivity index (χ4v) is 2.61. The second-order valence-electron chi connectivity index (χ2n) is 5.40. The fraction of sp³-hybridized carbons (Fsp3) is 0.471. The molecule has 4 heteroatoms. The van der Waals surface area contributed by atoms with E-state index >= 15 is 0 Å². The number of amides is 1. The first-order valence-corrected chi connectivity index (χ1v) is 7.46. The van der Waals surface area contributed by atoms with Crippen molar-refractivity contribution >= 4 is 12.2 Å². The molecule has 1 aromatic rings. The van der Waals surface area contributed by atoms with E-state index < -0.39 is 0 Å². The monoisotopic (exact) mass is 289 g/mol. The molecular weight excluding hydrogens is 266 g/mol. The molecule has 1 heterocycles. The van der Waals surface area contributed by atoms with Crippen molar-refractivity contribution in [3.05, 3.63) is 42.0 Å². The summed E-state index contributed by atoms with van der Waals surface area (Å²) in [6.45, 7) is 6.59. The maximum absolute atomic E-state index is 12.1. The molecule has 1 N–H and O–H groups in total. The Morgan fingerprint density at radius 3 is 2.76 bits per heavy atom. The van der Waals surface area contributed by atoms with Crippen molar-refractivity contribution in [2.75, 3.05) is 13.2 Å². The summed E-state index contributed by atoms with van der Waals surface area (Å²) in [6.07, 6.45) is 3.71. The van der Waals surface area contributed by atoms with Crippen LogP contribution in [0, 0.1) is 0 Å². The van der Waals surface area contributed by atoms with Gasteiger partial charge < -0.3 is 14.7 Å². The molecule has 1 aliphatic heterocycles. The van der Waals surface area contributed by atoms with E-state index in [9.17, 15) is 4.79 Å². The van der Waals surface area contributed by atoms with Crippen LogP contribution in [-0.2, 0) is 4.74 Å². The number of benzene rings is 1. The summed E-state index contributed by atoms with van der Waals surface area (Å²) in [5.74, 6) is 0. The topological polar surface area (TPSA) is 49.8 Å². The normalized spacial score (nSPS) is 20.0. The number of carbonyl (C=O) groups is 1. The molecule has 2 rings (SSSR count). The second-order valence-corrected chi connectivity index (χ2v) is 5.40. The summed E-state index contributed by atoms with van der Waals surface area (Å²) < 4.78 is 5.45. The number of ether oxygens (including phenoxy) is 1.